The Bertz CT molecular complexity index is 201. The van der Waals surface area contributed by atoms with Gasteiger partial charge in [-0.1, -0.05) is 26.7 Å². The average Bonchev–Trinajstić information content (AvgIpc) is 2.65. The summed E-state index contributed by atoms with van der Waals surface area (Å²) >= 11 is 0. The summed E-state index contributed by atoms with van der Waals surface area (Å²) in [6.45, 7) is 4.09. The number of hydrogen-bond donors (Lipinski definition) is 2. The second kappa shape index (κ2) is 6.08. The molecule has 1 unspecified atom stereocenters. The molecule has 1 saturated carbocycles. The van der Waals surface area contributed by atoms with E-state index in [2.05, 4.69) is 5.48 Å². The quantitative estimate of drug-likeness (QED) is 0.679. The first-order valence-corrected chi connectivity index (χ1v) is 5.80. The fourth-order valence-corrected chi connectivity index (χ4v) is 1.84. The highest BCUT2D eigenvalue weighted by Crippen LogP contribution is 2.19. The summed E-state index contributed by atoms with van der Waals surface area (Å²) in [4.78, 5) is 16.8. The molecule has 1 atom stereocenters. The summed E-state index contributed by atoms with van der Waals surface area (Å²) in [6.07, 6.45) is 5.36. The van der Waals surface area contributed by atoms with Gasteiger partial charge in [0, 0.05) is 0 Å². The molecule has 0 aromatic carbocycles. The van der Waals surface area contributed by atoms with E-state index in [1.165, 1.54) is 12.8 Å². The van der Waals surface area contributed by atoms with Gasteiger partial charge in [0.15, 0.2) is 0 Å². The van der Waals surface area contributed by atoms with Gasteiger partial charge < -0.3 is 5.73 Å². The van der Waals surface area contributed by atoms with Crippen molar-refractivity contribution >= 4 is 5.91 Å². The largest absolute Gasteiger partial charge is 0.320 e. The maximum Gasteiger partial charge on any atom is 0.260 e. The van der Waals surface area contributed by atoms with Gasteiger partial charge in [-0.3, -0.25) is 9.63 Å². The van der Waals surface area contributed by atoms with Crippen LogP contribution < -0.4 is 11.2 Å². The summed E-state index contributed by atoms with van der Waals surface area (Å²) < 4.78 is 0. The monoisotopic (exact) mass is 214 g/mol. The molecule has 0 aromatic heterocycles. The smallest absolute Gasteiger partial charge is 0.260 e. The Balaban J connectivity index is 2.16. The fourth-order valence-electron chi connectivity index (χ4n) is 1.84. The van der Waals surface area contributed by atoms with E-state index in [0.29, 0.717) is 12.3 Å². The Labute approximate surface area is 91.5 Å². The van der Waals surface area contributed by atoms with Crippen molar-refractivity contribution in [2.75, 3.05) is 0 Å². The second-order valence-corrected chi connectivity index (χ2v) is 4.73. The Hall–Kier alpha value is -0.610. The van der Waals surface area contributed by atoms with Gasteiger partial charge in [0.05, 0.1) is 12.1 Å². The number of amides is 1. The van der Waals surface area contributed by atoms with E-state index in [1.54, 1.807) is 0 Å². The molecule has 1 rings (SSSR count). The maximum absolute atomic E-state index is 11.5. The van der Waals surface area contributed by atoms with E-state index >= 15 is 0 Å². The number of hydroxylamine groups is 1. The highest BCUT2D eigenvalue weighted by Gasteiger charge is 2.19. The molecule has 4 heteroatoms. The zero-order valence-electron chi connectivity index (χ0n) is 9.66. The van der Waals surface area contributed by atoms with Gasteiger partial charge >= 0.3 is 0 Å². The van der Waals surface area contributed by atoms with Crippen molar-refractivity contribution in [1.82, 2.24) is 5.48 Å². The summed E-state index contributed by atoms with van der Waals surface area (Å²) in [5.74, 6) is 0.229. The molecule has 0 aromatic rings. The van der Waals surface area contributed by atoms with Crippen LogP contribution in [0.3, 0.4) is 0 Å². The fraction of sp³-hybridized carbons (Fsp3) is 0.909. The minimum absolute atomic E-state index is 0.195. The van der Waals surface area contributed by atoms with Crippen LogP contribution in [0, 0.1) is 5.92 Å². The van der Waals surface area contributed by atoms with Crippen LogP contribution in [0.15, 0.2) is 0 Å². The number of carbonyl (C=O) groups is 1. The number of nitrogens with two attached hydrogens (primary N) is 1. The molecule has 0 radical (unpaired) electrons. The van der Waals surface area contributed by atoms with Crippen molar-refractivity contribution in [2.24, 2.45) is 11.7 Å². The lowest BCUT2D eigenvalue weighted by molar-refractivity contribution is -0.139. The van der Waals surface area contributed by atoms with E-state index in [0.717, 1.165) is 12.8 Å². The molecule has 4 nitrogen and oxygen atoms in total. The van der Waals surface area contributed by atoms with Crippen LogP contribution >= 0.6 is 0 Å². The molecule has 1 aliphatic carbocycles. The normalized spacial score (nSPS) is 19.5. The van der Waals surface area contributed by atoms with Crippen LogP contribution in [0.25, 0.3) is 0 Å². The number of carbonyl (C=O) groups excluding carboxylic acids is 1. The zero-order valence-corrected chi connectivity index (χ0v) is 9.66. The molecule has 0 spiro atoms. The second-order valence-electron chi connectivity index (χ2n) is 4.73. The minimum Gasteiger partial charge on any atom is -0.320 e. The summed E-state index contributed by atoms with van der Waals surface area (Å²) in [7, 11) is 0. The van der Waals surface area contributed by atoms with Crippen LogP contribution in [-0.4, -0.2) is 18.1 Å². The third kappa shape index (κ3) is 4.62. The van der Waals surface area contributed by atoms with E-state index in [9.17, 15) is 4.79 Å². The van der Waals surface area contributed by atoms with Crippen molar-refractivity contribution in [1.29, 1.82) is 0 Å². The molecule has 88 valence electrons. The predicted octanol–water partition coefficient (Wildman–Crippen LogP) is 1.35. The highest BCUT2D eigenvalue weighted by atomic mass is 16.7. The third-order valence-electron chi connectivity index (χ3n) is 2.69. The third-order valence-corrected chi connectivity index (χ3v) is 2.69. The number of hydrogen-bond acceptors (Lipinski definition) is 3. The lowest BCUT2D eigenvalue weighted by Gasteiger charge is -2.16. The molecule has 15 heavy (non-hydrogen) atoms. The van der Waals surface area contributed by atoms with Crippen LogP contribution in [-0.2, 0) is 9.63 Å². The Morgan fingerprint density at radius 3 is 2.60 bits per heavy atom. The molecule has 0 saturated heterocycles. The van der Waals surface area contributed by atoms with E-state index in [4.69, 9.17) is 10.6 Å². The summed E-state index contributed by atoms with van der Waals surface area (Å²) in [5, 5.41) is 0. The van der Waals surface area contributed by atoms with Crippen molar-refractivity contribution in [2.45, 2.75) is 58.1 Å². The number of rotatable bonds is 5. The van der Waals surface area contributed by atoms with Crippen molar-refractivity contribution in [3.63, 3.8) is 0 Å². The molecule has 0 heterocycles. The molecule has 3 N–H and O–H groups in total. The maximum atomic E-state index is 11.5. The first-order chi connectivity index (χ1) is 7.09. The Morgan fingerprint density at radius 1 is 1.47 bits per heavy atom. The van der Waals surface area contributed by atoms with Gasteiger partial charge in [-0.15, -0.1) is 0 Å². The molecular formula is C11H22N2O2. The SMILES string of the molecule is CC(C)CC(N)C(=O)NOC1CCCC1. The van der Waals surface area contributed by atoms with Crippen molar-refractivity contribution < 1.29 is 9.63 Å². The molecule has 0 bridgehead atoms. The first kappa shape index (κ1) is 12.5. The van der Waals surface area contributed by atoms with E-state index in [1.807, 2.05) is 13.8 Å². The lowest BCUT2D eigenvalue weighted by atomic mass is 10.0. The average molecular weight is 214 g/mol. The van der Waals surface area contributed by atoms with Crippen molar-refractivity contribution in [3.05, 3.63) is 0 Å². The standard InChI is InChI=1S/C11H22N2O2/c1-8(2)7-10(12)11(14)13-15-9-5-3-4-6-9/h8-10H,3-7,12H2,1-2H3,(H,13,14). The molecule has 0 aliphatic heterocycles. The van der Waals surface area contributed by atoms with E-state index < -0.39 is 6.04 Å². The molecule has 1 amide bonds. The Morgan fingerprint density at radius 2 is 2.07 bits per heavy atom. The van der Waals surface area contributed by atoms with Gasteiger partial charge in [-0.05, 0) is 25.2 Å². The first-order valence-electron chi connectivity index (χ1n) is 5.80. The van der Waals surface area contributed by atoms with Crippen LogP contribution in [0.1, 0.15) is 46.0 Å². The van der Waals surface area contributed by atoms with Crippen molar-refractivity contribution in [3.8, 4) is 0 Å². The van der Waals surface area contributed by atoms with Gasteiger partial charge in [0.2, 0.25) is 0 Å². The van der Waals surface area contributed by atoms with Crippen LogP contribution in [0.4, 0.5) is 0 Å². The van der Waals surface area contributed by atoms with Gasteiger partial charge in [-0.2, -0.15) is 0 Å². The summed E-state index contributed by atoms with van der Waals surface area (Å²) in [5.41, 5.74) is 8.18. The Kier molecular flexibility index (Phi) is 5.05. The topological polar surface area (TPSA) is 64.4 Å². The summed E-state index contributed by atoms with van der Waals surface area (Å²) in [6, 6.07) is -0.452. The van der Waals surface area contributed by atoms with Crippen LogP contribution in [0.5, 0.6) is 0 Å². The minimum atomic E-state index is -0.452. The van der Waals surface area contributed by atoms with Gasteiger partial charge in [0.1, 0.15) is 0 Å². The number of nitrogens with one attached hydrogen (secondary N) is 1. The van der Waals surface area contributed by atoms with E-state index in [-0.39, 0.29) is 12.0 Å². The van der Waals surface area contributed by atoms with Gasteiger partial charge in [0.25, 0.3) is 5.91 Å². The lowest BCUT2D eigenvalue weighted by Crippen LogP contribution is -2.42. The molecule has 1 fully saturated rings. The highest BCUT2D eigenvalue weighted by molar-refractivity contribution is 5.80. The molecular weight excluding hydrogens is 192 g/mol. The molecule has 1 aliphatic rings. The predicted molar refractivity (Wildman–Crippen MR) is 58.9 cm³/mol. The zero-order chi connectivity index (χ0) is 11.3. The van der Waals surface area contributed by atoms with Crippen LogP contribution in [0.2, 0.25) is 0 Å². The van der Waals surface area contributed by atoms with Gasteiger partial charge in [-0.25, -0.2) is 5.48 Å².